The second kappa shape index (κ2) is 4.13. The summed E-state index contributed by atoms with van der Waals surface area (Å²) in [7, 11) is 2.13. The molecule has 44 valence electrons. The van der Waals surface area contributed by atoms with Gasteiger partial charge in [-0.2, -0.15) is 0 Å². The first-order chi connectivity index (χ1) is 3.31. The molecule has 1 heteroatoms. The molecule has 0 spiro atoms. The van der Waals surface area contributed by atoms with Crippen LogP contribution in [0.3, 0.4) is 0 Å². The molecule has 2 N–H and O–H groups in total. The third kappa shape index (κ3) is 3.80. The molecule has 0 aromatic rings. The molecular formula is C6H16N+. The molecule has 1 atom stereocenters. The van der Waals surface area contributed by atoms with Gasteiger partial charge in [-0.05, 0) is 13.3 Å². The predicted molar refractivity (Wildman–Crippen MR) is 32.2 cm³/mol. The van der Waals surface area contributed by atoms with Crippen molar-refractivity contribution in [1.82, 2.24) is 0 Å². The van der Waals surface area contributed by atoms with Crippen molar-refractivity contribution in [3.8, 4) is 0 Å². The van der Waals surface area contributed by atoms with Gasteiger partial charge in [-0.25, -0.2) is 0 Å². The Hall–Kier alpha value is -0.0400. The quantitative estimate of drug-likeness (QED) is 0.530. The molecule has 0 fully saturated rings. The molecule has 0 aliphatic heterocycles. The number of quaternary nitrogens is 1. The fraction of sp³-hybridized carbons (Fsp3) is 1.00. The first-order valence-corrected chi connectivity index (χ1v) is 3.10. The van der Waals surface area contributed by atoms with Gasteiger partial charge < -0.3 is 5.32 Å². The van der Waals surface area contributed by atoms with E-state index in [0.717, 1.165) is 6.04 Å². The van der Waals surface area contributed by atoms with Gasteiger partial charge in [0.2, 0.25) is 0 Å². The van der Waals surface area contributed by atoms with E-state index in [4.69, 9.17) is 0 Å². The number of hydrogen-bond acceptors (Lipinski definition) is 0. The zero-order chi connectivity index (χ0) is 5.70. The molecule has 0 aliphatic rings. The van der Waals surface area contributed by atoms with Crippen LogP contribution in [-0.2, 0) is 0 Å². The molecular weight excluding hydrogens is 86.1 g/mol. The summed E-state index contributed by atoms with van der Waals surface area (Å²) >= 11 is 0. The van der Waals surface area contributed by atoms with Crippen LogP contribution in [0.1, 0.15) is 26.7 Å². The molecule has 0 saturated carbocycles. The van der Waals surface area contributed by atoms with Crippen LogP contribution in [0, 0.1) is 0 Å². The van der Waals surface area contributed by atoms with E-state index in [1.807, 2.05) is 0 Å². The fourth-order valence-electron chi connectivity index (χ4n) is 0.622. The summed E-state index contributed by atoms with van der Waals surface area (Å²) in [4.78, 5) is 0. The van der Waals surface area contributed by atoms with Crippen molar-refractivity contribution in [3.63, 3.8) is 0 Å². The van der Waals surface area contributed by atoms with Gasteiger partial charge in [0.1, 0.15) is 0 Å². The Morgan fingerprint density at radius 3 is 2.29 bits per heavy atom. The highest BCUT2D eigenvalue weighted by Gasteiger charge is 1.95. The third-order valence-electron chi connectivity index (χ3n) is 1.31. The Morgan fingerprint density at radius 1 is 1.57 bits per heavy atom. The lowest BCUT2D eigenvalue weighted by Crippen LogP contribution is -2.85. The molecule has 0 aliphatic carbocycles. The van der Waals surface area contributed by atoms with Crippen molar-refractivity contribution in [1.29, 1.82) is 0 Å². The van der Waals surface area contributed by atoms with Crippen molar-refractivity contribution in [2.24, 2.45) is 0 Å². The van der Waals surface area contributed by atoms with Gasteiger partial charge in [0, 0.05) is 0 Å². The summed E-state index contributed by atoms with van der Waals surface area (Å²) in [6.45, 7) is 4.48. The summed E-state index contributed by atoms with van der Waals surface area (Å²) in [5.41, 5.74) is 0. The summed E-state index contributed by atoms with van der Waals surface area (Å²) in [6, 6.07) is 0.824. The lowest BCUT2D eigenvalue weighted by molar-refractivity contribution is -0.660. The van der Waals surface area contributed by atoms with Crippen LogP contribution >= 0.6 is 0 Å². The first-order valence-electron chi connectivity index (χ1n) is 3.10. The van der Waals surface area contributed by atoms with Gasteiger partial charge in [0.05, 0.1) is 13.1 Å². The standard InChI is InChI=1S/C6H15N/c1-4-5-6(2)7-3/h6-7H,4-5H2,1-3H3/p+1. The molecule has 0 heterocycles. The van der Waals surface area contributed by atoms with Crippen molar-refractivity contribution in [3.05, 3.63) is 0 Å². The van der Waals surface area contributed by atoms with E-state index < -0.39 is 0 Å². The second-order valence-corrected chi connectivity index (χ2v) is 2.10. The van der Waals surface area contributed by atoms with Crippen LogP contribution in [0.4, 0.5) is 0 Å². The minimum Gasteiger partial charge on any atom is -0.346 e. The molecule has 0 rings (SSSR count). The fourth-order valence-corrected chi connectivity index (χ4v) is 0.622. The van der Waals surface area contributed by atoms with E-state index >= 15 is 0 Å². The average molecular weight is 102 g/mol. The van der Waals surface area contributed by atoms with E-state index in [9.17, 15) is 0 Å². The Bertz CT molecular complexity index is 35.2. The van der Waals surface area contributed by atoms with Crippen LogP contribution in [-0.4, -0.2) is 13.1 Å². The topological polar surface area (TPSA) is 16.6 Å². The van der Waals surface area contributed by atoms with E-state index in [-0.39, 0.29) is 0 Å². The van der Waals surface area contributed by atoms with Gasteiger partial charge in [0.25, 0.3) is 0 Å². The van der Waals surface area contributed by atoms with Crippen LogP contribution in [0.2, 0.25) is 0 Å². The van der Waals surface area contributed by atoms with Crippen molar-refractivity contribution < 1.29 is 5.32 Å². The SMILES string of the molecule is CCCC(C)[NH2+]C. The van der Waals surface area contributed by atoms with Crippen LogP contribution in [0.5, 0.6) is 0 Å². The average Bonchev–Trinajstić information content (AvgIpc) is 1.68. The Balaban J connectivity index is 2.83. The molecule has 1 nitrogen and oxygen atoms in total. The van der Waals surface area contributed by atoms with Gasteiger partial charge >= 0.3 is 0 Å². The van der Waals surface area contributed by atoms with Crippen molar-refractivity contribution in [2.45, 2.75) is 32.7 Å². The predicted octanol–water partition coefficient (Wildman–Crippen LogP) is 0.368. The Kier molecular flexibility index (Phi) is 4.10. The second-order valence-electron chi connectivity index (χ2n) is 2.10. The van der Waals surface area contributed by atoms with Crippen molar-refractivity contribution >= 4 is 0 Å². The molecule has 0 aromatic heterocycles. The molecule has 0 aromatic carbocycles. The molecule has 0 bridgehead atoms. The van der Waals surface area contributed by atoms with E-state index in [0.29, 0.717) is 0 Å². The van der Waals surface area contributed by atoms with Crippen molar-refractivity contribution in [2.75, 3.05) is 7.05 Å². The molecule has 0 radical (unpaired) electrons. The van der Waals surface area contributed by atoms with E-state index in [1.165, 1.54) is 12.8 Å². The maximum Gasteiger partial charge on any atom is 0.0828 e. The number of rotatable bonds is 3. The normalized spacial score (nSPS) is 14.1. The zero-order valence-corrected chi connectivity index (χ0v) is 5.57. The van der Waals surface area contributed by atoms with Gasteiger partial charge in [-0.3, -0.25) is 0 Å². The molecule has 0 amide bonds. The molecule has 7 heavy (non-hydrogen) atoms. The monoisotopic (exact) mass is 102 g/mol. The highest BCUT2D eigenvalue weighted by Crippen LogP contribution is 1.87. The highest BCUT2D eigenvalue weighted by atomic mass is 14.8. The number of nitrogens with two attached hydrogens (primary N) is 1. The van der Waals surface area contributed by atoms with Gasteiger partial charge in [-0.1, -0.05) is 13.3 Å². The highest BCUT2D eigenvalue weighted by molar-refractivity contribution is 4.39. The molecule has 1 unspecified atom stereocenters. The lowest BCUT2D eigenvalue weighted by atomic mass is 10.2. The maximum absolute atomic E-state index is 2.25. The summed E-state index contributed by atoms with van der Waals surface area (Å²) in [5, 5.41) is 2.25. The summed E-state index contributed by atoms with van der Waals surface area (Å²) < 4.78 is 0. The van der Waals surface area contributed by atoms with Crippen LogP contribution in [0.25, 0.3) is 0 Å². The maximum atomic E-state index is 2.25. The van der Waals surface area contributed by atoms with Gasteiger partial charge in [0.15, 0.2) is 0 Å². The lowest BCUT2D eigenvalue weighted by Gasteiger charge is -2.01. The minimum atomic E-state index is 0.824. The third-order valence-corrected chi connectivity index (χ3v) is 1.31. The summed E-state index contributed by atoms with van der Waals surface area (Å²) in [5.74, 6) is 0. The zero-order valence-electron chi connectivity index (χ0n) is 5.57. The van der Waals surface area contributed by atoms with Crippen LogP contribution in [0.15, 0.2) is 0 Å². The Labute approximate surface area is 46.1 Å². The first kappa shape index (κ1) is 6.96. The van der Waals surface area contributed by atoms with Gasteiger partial charge in [-0.15, -0.1) is 0 Å². The smallest absolute Gasteiger partial charge is 0.0828 e. The van der Waals surface area contributed by atoms with E-state index in [1.54, 1.807) is 0 Å². The largest absolute Gasteiger partial charge is 0.346 e. The molecule has 0 saturated heterocycles. The Morgan fingerprint density at radius 2 is 2.14 bits per heavy atom. The van der Waals surface area contributed by atoms with Crippen LogP contribution < -0.4 is 5.32 Å². The minimum absolute atomic E-state index is 0.824. The van der Waals surface area contributed by atoms with E-state index in [2.05, 4.69) is 26.2 Å². The number of hydrogen-bond donors (Lipinski definition) is 1. The summed E-state index contributed by atoms with van der Waals surface area (Å²) in [6.07, 6.45) is 2.65.